The first-order chi connectivity index (χ1) is 8.70. The van der Waals surface area contributed by atoms with Gasteiger partial charge in [0.25, 0.3) is 0 Å². The Bertz CT molecular complexity index is 380. The Morgan fingerprint density at radius 3 is 2.83 bits per heavy atom. The molecule has 0 N–H and O–H groups in total. The summed E-state index contributed by atoms with van der Waals surface area (Å²) in [6.07, 6.45) is 5.10. The molecule has 0 aromatic rings. The molecule has 3 heterocycles. The van der Waals surface area contributed by atoms with E-state index < -0.39 is 0 Å². The highest BCUT2D eigenvalue weighted by Gasteiger charge is 2.66. The lowest BCUT2D eigenvalue weighted by atomic mass is 9.78. The van der Waals surface area contributed by atoms with Crippen molar-refractivity contribution < 1.29 is 23.7 Å². The maximum atomic E-state index is 11.4. The van der Waals surface area contributed by atoms with Gasteiger partial charge in [-0.05, 0) is 12.8 Å². The van der Waals surface area contributed by atoms with Gasteiger partial charge in [-0.1, -0.05) is 0 Å². The van der Waals surface area contributed by atoms with Gasteiger partial charge in [0.15, 0.2) is 0 Å². The molecule has 1 spiro atoms. The molecule has 5 nitrogen and oxygen atoms in total. The molecule has 4 rings (SSSR count). The van der Waals surface area contributed by atoms with E-state index in [0.717, 1.165) is 25.7 Å². The lowest BCUT2D eigenvalue weighted by molar-refractivity contribution is -0.178. The van der Waals surface area contributed by atoms with Crippen LogP contribution in [-0.4, -0.2) is 49.2 Å². The molecule has 2 bridgehead atoms. The van der Waals surface area contributed by atoms with Gasteiger partial charge in [0.1, 0.15) is 6.10 Å². The molecule has 0 aromatic carbocycles. The molecule has 3 unspecified atom stereocenters. The van der Waals surface area contributed by atoms with Crippen molar-refractivity contribution in [1.29, 1.82) is 0 Å². The van der Waals surface area contributed by atoms with Crippen molar-refractivity contribution in [2.24, 2.45) is 0 Å². The number of hydrogen-bond donors (Lipinski definition) is 0. The Hall–Kier alpha value is -0.650. The topological polar surface area (TPSA) is 57.3 Å². The summed E-state index contributed by atoms with van der Waals surface area (Å²) in [4.78, 5) is 11.4. The van der Waals surface area contributed by atoms with E-state index in [1.807, 2.05) is 0 Å². The highest BCUT2D eigenvalue weighted by atomic mass is 16.6. The molecule has 4 aliphatic rings. The maximum absolute atomic E-state index is 11.4. The highest BCUT2D eigenvalue weighted by Crippen LogP contribution is 2.55. The van der Waals surface area contributed by atoms with Crippen LogP contribution in [0.1, 0.15) is 32.1 Å². The second-order valence-electron chi connectivity index (χ2n) is 5.87. The third kappa shape index (κ3) is 1.54. The van der Waals surface area contributed by atoms with E-state index in [1.54, 1.807) is 0 Å². The minimum Gasteiger partial charge on any atom is -0.469 e. The lowest BCUT2D eigenvalue weighted by Gasteiger charge is -2.42. The fourth-order valence-corrected chi connectivity index (χ4v) is 3.90. The van der Waals surface area contributed by atoms with Crippen molar-refractivity contribution in [3.8, 4) is 0 Å². The normalized spacial score (nSPS) is 52.4. The summed E-state index contributed by atoms with van der Waals surface area (Å²) < 4.78 is 22.6. The quantitative estimate of drug-likeness (QED) is 0.539. The molecule has 18 heavy (non-hydrogen) atoms. The van der Waals surface area contributed by atoms with Crippen molar-refractivity contribution in [3.63, 3.8) is 0 Å². The van der Waals surface area contributed by atoms with E-state index >= 15 is 0 Å². The molecule has 0 radical (unpaired) electrons. The van der Waals surface area contributed by atoms with Gasteiger partial charge in [-0.3, -0.25) is 4.79 Å². The largest absolute Gasteiger partial charge is 0.469 e. The zero-order valence-electron chi connectivity index (χ0n) is 10.5. The number of fused-ring (bicyclic) bond motifs is 3. The Morgan fingerprint density at radius 1 is 1.28 bits per heavy atom. The fraction of sp³-hybridized carbons (Fsp3) is 0.923. The standard InChI is InChI=1S/C13H18O5/c1-15-11(14)4-7-2-3-10-13(18-7)5-8(16-10)12-9(6-13)17-12/h7-10,12H,2-6H2,1H3/t7?,8?,9-,10+,12+,13?/m1/s1. The van der Waals surface area contributed by atoms with Crippen LogP contribution in [0.25, 0.3) is 0 Å². The lowest BCUT2D eigenvalue weighted by Crippen LogP contribution is -2.50. The molecular formula is C13H18O5. The first kappa shape index (κ1) is 11.2. The average Bonchev–Trinajstić information content (AvgIpc) is 3.04. The van der Waals surface area contributed by atoms with Crippen LogP contribution >= 0.6 is 0 Å². The first-order valence-electron chi connectivity index (χ1n) is 6.76. The van der Waals surface area contributed by atoms with E-state index in [1.165, 1.54) is 7.11 Å². The smallest absolute Gasteiger partial charge is 0.308 e. The Kier molecular flexibility index (Phi) is 2.29. The number of rotatable bonds is 2. The molecule has 6 atom stereocenters. The molecule has 4 fully saturated rings. The minimum absolute atomic E-state index is 0.0219. The van der Waals surface area contributed by atoms with Crippen LogP contribution in [0.15, 0.2) is 0 Å². The summed E-state index contributed by atoms with van der Waals surface area (Å²) in [5.74, 6) is -0.193. The second kappa shape index (κ2) is 3.68. The van der Waals surface area contributed by atoms with Gasteiger partial charge < -0.3 is 18.9 Å². The van der Waals surface area contributed by atoms with Crippen molar-refractivity contribution in [3.05, 3.63) is 0 Å². The van der Waals surface area contributed by atoms with Crippen molar-refractivity contribution in [2.45, 2.75) is 68.2 Å². The van der Waals surface area contributed by atoms with Gasteiger partial charge in [-0.15, -0.1) is 0 Å². The Morgan fingerprint density at radius 2 is 2.06 bits per heavy atom. The summed E-state index contributed by atoms with van der Waals surface area (Å²) in [6, 6.07) is 0. The molecule has 0 amide bonds. The van der Waals surface area contributed by atoms with E-state index in [-0.39, 0.29) is 29.9 Å². The van der Waals surface area contributed by atoms with Gasteiger partial charge in [0.05, 0.1) is 43.5 Å². The molecule has 100 valence electrons. The number of methoxy groups -OCH3 is 1. The summed E-state index contributed by atoms with van der Waals surface area (Å²) in [5, 5.41) is 0. The molecule has 3 saturated heterocycles. The zero-order chi connectivity index (χ0) is 12.3. The Balaban J connectivity index is 1.50. The van der Waals surface area contributed by atoms with E-state index in [9.17, 15) is 4.79 Å². The molecule has 0 aromatic heterocycles. The van der Waals surface area contributed by atoms with E-state index in [2.05, 4.69) is 0 Å². The van der Waals surface area contributed by atoms with Crippen LogP contribution < -0.4 is 0 Å². The summed E-state index contributed by atoms with van der Waals surface area (Å²) in [5.41, 5.74) is -0.195. The fourth-order valence-electron chi connectivity index (χ4n) is 3.90. The minimum atomic E-state index is -0.195. The first-order valence-corrected chi connectivity index (χ1v) is 6.76. The SMILES string of the molecule is COC(=O)CC1CC[C@@H]2OC3CC2(C[C@H]2O[C@@H]32)O1. The molecule has 1 saturated carbocycles. The Labute approximate surface area is 106 Å². The predicted octanol–water partition coefficient (Wildman–Crippen LogP) is 0.796. The number of carbonyl (C=O) groups excluding carboxylic acids is 1. The number of ether oxygens (including phenoxy) is 4. The number of esters is 1. The van der Waals surface area contributed by atoms with Gasteiger partial charge in [-0.25, -0.2) is 0 Å². The van der Waals surface area contributed by atoms with Crippen LogP contribution in [0.4, 0.5) is 0 Å². The van der Waals surface area contributed by atoms with Crippen LogP contribution in [0.3, 0.4) is 0 Å². The van der Waals surface area contributed by atoms with Gasteiger partial charge in [0, 0.05) is 12.8 Å². The number of epoxide rings is 1. The molecule has 5 heteroatoms. The van der Waals surface area contributed by atoms with Crippen molar-refractivity contribution in [1.82, 2.24) is 0 Å². The third-order valence-electron chi connectivity index (χ3n) is 4.78. The van der Waals surface area contributed by atoms with Crippen LogP contribution in [-0.2, 0) is 23.7 Å². The second-order valence-corrected chi connectivity index (χ2v) is 5.87. The van der Waals surface area contributed by atoms with Crippen LogP contribution in [0.5, 0.6) is 0 Å². The van der Waals surface area contributed by atoms with E-state index in [0.29, 0.717) is 18.6 Å². The molecule has 1 aliphatic carbocycles. The van der Waals surface area contributed by atoms with Crippen LogP contribution in [0.2, 0.25) is 0 Å². The average molecular weight is 254 g/mol. The van der Waals surface area contributed by atoms with Gasteiger partial charge in [-0.2, -0.15) is 0 Å². The highest BCUT2D eigenvalue weighted by molar-refractivity contribution is 5.69. The third-order valence-corrected chi connectivity index (χ3v) is 4.78. The summed E-state index contributed by atoms with van der Waals surface area (Å²) >= 11 is 0. The van der Waals surface area contributed by atoms with Crippen LogP contribution in [0, 0.1) is 0 Å². The van der Waals surface area contributed by atoms with Crippen molar-refractivity contribution >= 4 is 5.97 Å². The zero-order valence-corrected chi connectivity index (χ0v) is 10.5. The number of carbonyl (C=O) groups is 1. The van der Waals surface area contributed by atoms with Crippen molar-refractivity contribution in [2.75, 3.05) is 7.11 Å². The number of hydrogen-bond acceptors (Lipinski definition) is 5. The maximum Gasteiger partial charge on any atom is 0.308 e. The molecule has 3 aliphatic heterocycles. The predicted molar refractivity (Wildman–Crippen MR) is 60.0 cm³/mol. The molecular weight excluding hydrogens is 236 g/mol. The van der Waals surface area contributed by atoms with E-state index in [4.69, 9.17) is 18.9 Å². The van der Waals surface area contributed by atoms with Gasteiger partial charge in [0.2, 0.25) is 0 Å². The van der Waals surface area contributed by atoms with Gasteiger partial charge >= 0.3 is 5.97 Å². The monoisotopic (exact) mass is 254 g/mol. The summed E-state index contributed by atoms with van der Waals surface area (Å²) in [7, 11) is 1.42. The summed E-state index contributed by atoms with van der Waals surface area (Å²) in [6.45, 7) is 0.